The Hall–Kier alpha value is -3.76. The Morgan fingerprint density at radius 3 is 2.85 bits per heavy atom. The third-order valence-electron chi connectivity index (χ3n) is 5.02. The lowest BCUT2D eigenvalue weighted by molar-refractivity contribution is 0.0946. The SMILES string of the molecule is Cc1ccccc1-n1c(SCc2nc(C(=O)NCc3cccnc3)cs2)nnc1-c1ccco1. The third kappa shape index (κ3) is 4.78. The van der Waals surface area contributed by atoms with Gasteiger partial charge in [-0.1, -0.05) is 36.0 Å². The van der Waals surface area contributed by atoms with Crippen LogP contribution in [0.1, 0.15) is 26.6 Å². The molecule has 0 unspecified atom stereocenters. The van der Waals surface area contributed by atoms with Crippen molar-refractivity contribution in [3.63, 3.8) is 0 Å². The zero-order chi connectivity index (χ0) is 23.3. The Bertz CT molecular complexity index is 1400. The first-order valence-corrected chi connectivity index (χ1v) is 12.3. The van der Waals surface area contributed by atoms with Crippen LogP contribution in [0, 0.1) is 6.92 Å². The number of thioether (sulfide) groups is 1. The maximum atomic E-state index is 12.5. The highest BCUT2D eigenvalue weighted by molar-refractivity contribution is 7.98. The number of aryl methyl sites for hydroxylation is 1. The van der Waals surface area contributed by atoms with Gasteiger partial charge in [0, 0.05) is 24.3 Å². The standard InChI is InChI=1S/C24H20N6O2S2/c1-16-6-2-3-8-19(16)30-22(20-9-5-11-32-20)28-29-24(30)34-15-21-27-18(14-33-21)23(31)26-13-17-7-4-10-25-12-17/h2-12,14H,13,15H2,1H3,(H,26,31). The normalized spacial score (nSPS) is 11.0. The maximum Gasteiger partial charge on any atom is 0.271 e. The summed E-state index contributed by atoms with van der Waals surface area (Å²) >= 11 is 2.96. The molecule has 0 saturated heterocycles. The first kappa shape index (κ1) is 22.1. The molecular formula is C24H20N6O2S2. The van der Waals surface area contributed by atoms with Gasteiger partial charge in [-0.05, 0) is 42.3 Å². The van der Waals surface area contributed by atoms with E-state index < -0.39 is 0 Å². The van der Waals surface area contributed by atoms with E-state index in [1.807, 2.05) is 60.0 Å². The van der Waals surface area contributed by atoms with Crippen LogP contribution in [0.5, 0.6) is 0 Å². The smallest absolute Gasteiger partial charge is 0.271 e. The number of amides is 1. The first-order chi connectivity index (χ1) is 16.7. The molecule has 8 nitrogen and oxygen atoms in total. The average Bonchev–Trinajstić information content (AvgIpc) is 3.63. The quantitative estimate of drug-likeness (QED) is 0.310. The fraction of sp³-hybridized carbons (Fsp3) is 0.125. The largest absolute Gasteiger partial charge is 0.461 e. The van der Waals surface area contributed by atoms with Gasteiger partial charge in [0.1, 0.15) is 10.7 Å². The number of aromatic nitrogens is 5. The minimum atomic E-state index is -0.209. The van der Waals surface area contributed by atoms with Crippen molar-refractivity contribution < 1.29 is 9.21 Å². The minimum Gasteiger partial charge on any atom is -0.461 e. The highest BCUT2D eigenvalue weighted by atomic mass is 32.2. The Labute approximate surface area is 204 Å². The summed E-state index contributed by atoms with van der Waals surface area (Å²) in [6, 6.07) is 15.5. The predicted octanol–water partition coefficient (Wildman–Crippen LogP) is 4.91. The number of furan rings is 1. The summed E-state index contributed by atoms with van der Waals surface area (Å²) < 4.78 is 7.59. The molecule has 0 aliphatic heterocycles. The molecule has 0 radical (unpaired) electrons. The number of nitrogens with one attached hydrogen (secondary N) is 1. The van der Waals surface area contributed by atoms with Gasteiger partial charge in [0.2, 0.25) is 5.82 Å². The molecule has 34 heavy (non-hydrogen) atoms. The van der Waals surface area contributed by atoms with E-state index in [-0.39, 0.29) is 5.91 Å². The van der Waals surface area contributed by atoms with Crippen molar-refractivity contribution in [2.45, 2.75) is 24.4 Å². The molecule has 0 bridgehead atoms. The van der Waals surface area contributed by atoms with E-state index in [2.05, 4.69) is 25.5 Å². The summed E-state index contributed by atoms with van der Waals surface area (Å²) in [5.74, 6) is 1.63. The molecule has 0 fully saturated rings. The van der Waals surface area contributed by atoms with Crippen molar-refractivity contribution in [2.75, 3.05) is 0 Å². The van der Waals surface area contributed by atoms with Crippen LogP contribution in [0.2, 0.25) is 0 Å². The third-order valence-corrected chi connectivity index (χ3v) is 6.99. The Kier molecular flexibility index (Phi) is 6.50. The van der Waals surface area contributed by atoms with Gasteiger partial charge < -0.3 is 9.73 Å². The van der Waals surface area contributed by atoms with Crippen molar-refractivity contribution >= 4 is 29.0 Å². The number of pyridine rings is 1. The number of carbonyl (C=O) groups is 1. The van der Waals surface area contributed by atoms with Gasteiger partial charge in [-0.2, -0.15) is 0 Å². The number of nitrogens with zero attached hydrogens (tertiary/aromatic N) is 5. The molecule has 0 atom stereocenters. The van der Waals surface area contributed by atoms with Gasteiger partial charge in [-0.3, -0.25) is 14.3 Å². The van der Waals surface area contributed by atoms with E-state index in [1.165, 1.54) is 23.1 Å². The fourth-order valence-electron chi connectivity index (χ4n) is 3.34. The molecule has 5 rings (SSSR count). The second-order valence-electron chi connectivity index (χ2n) is 7.36. The molecule has 5 aromatic rings. The van der Waals surface area contributed by atoms with Crippen LogP contribution in [0.4, 0.5) is 0 Å². The van der Waals surface area contributed by atoms with Crippen LogP contribution in [-0.4, -0.2) is 30.6 Å². The van der Waals surface area contributed by atoms with E-state index in [4.69, 9.17) is 4.42 Å². The average molecular weight is 489 g/mol. The van der Waals surface area contributed by atoms with E-state index >= 15 is 0 Å². The van der Waals surface area contributed by atoms with Gasteiger partial charge in [0.15, 0.2) is 10.9 Å². The Morgan fingerprint density at radius 2 is 2.06 bits per heavy atom. The molecule has 1 aromatic carbocycles. The topological polar surface area (TPSA) is 98.7 Å². The molecule has 10 heteroatoms. The number of thiazole rings is 1. The van der Waals surface area contributed by atoms with E-state index in [1.54, 1.807) is 24.0 Å². The first-order valence-electron chi connectivity index (χ1n) is 10.5. The van der Waals surface area contributed by atoms with Crippen LogP contribution < -0.4 is 5.32 Å². The summed E-state index contributed by atoms with van der Waals surface area (Å²) in [7, 11) is 0. The molecule has 0 saturated carbocycles. The molecular weight excluding hydrogens is 468 g/mol. The second kappa shape index (κ2) is 10.0. The molecule has 1 N–H and O–H groups in total. The number of hydrogen-bond acceptors (Lipinski definition) is 8. The van der Waals surface area contributed by atoms with Gasteiger partial charge in [0.25, 0.3) is 5.91 Å². The molecule has 4 aromatic heterocycles. The van der Waals surface area contributed by atoms with Crippen molar-refractivity contribution in [3.05, 3.63) is 94.4 Å². The summed E-state index contributed by atoms with van der Waals surface area (Å²) in [5, 5.41) is 15.0. The van der Waals surface area contributed by atoms with E-state index in [0.29, 0.717) is 29.6 Å². The van der Waals surface area contributed by atoms with Gasteiger partial charge in [-0.25, -0.2) is 4.98 Å². The van der Waals surface area contributed by atoms with Crippen molar-refractivity contribution in [3.8, 4) is 17.3 Å². The highest BCUT2D eigenvalue weighted by Crippen LogP contribution is 2.31. The van der Waals surface area contributed by atoms with Gasteiger partial charge in [0.05, 0.1) is 17.7 Å². The minimum absolute atomic E-state index is 0.209. The van der Waals surface area contributed by atoms with E-state index in [0.717, 1.165) is 27.0 Å². The summed E-state index contributed by atoms with van der Waals surface area (Å²) in [5.41, 5.74) is 3.42. The monoisotopic (exact) mass is 488 g/mol. The van der Waals surface area contributed by atoms with Gasteiger partial charge >= 0.3 is 0 Å². The van der Waals surface area contributed by atoms with E-state index in [9.17, 15) is 4.79 Å². The molecule has 4 heterocycles. The lowest BCUT2D eigenvalue weighted by atomic mass is 10.2. The van der Waals surface area contributed by atoms with Crippen molar-refractivity contribution in [2.24, 2.45) is 0 Å². The maximum absolute atomic E-state index is 12.5. The predicted molar refractivity (Wildman–Crippen MR) is 131 cm³/mol. The number of rotatable bonds is 8. The van der Waals surface area contributed by atoms with Gasteiger partial charge in [-0.15, -0.1) is 21.5 Å². The van der Waals surface area contributed by atoms with Crippen LogP contribution in [0.3, 0.4) is 0 Å². The number of para-hydroxylation sites is 1. The Morgan fingerprint density at radius 1 is 1.15 bits per heavy atom. The van der Waals surface area contributed by atoms with Crippen LogP contribution in [0.15, 0.2) is 82.1 Å². The fourth-order valence-corrected chi connectivity index (χ4v) is 5.08. The summed E-state index contributed by atoms with van der Waals surface area (Å²) in [4.78, 5) is 21.1. The summed E-state index contributed by atoms with van der Waals surface area (Å²) in [6.45, 7) is 2.45. The van der Waals surface area contributed by atoms with Crippen molar-refractivity contribution in [1.82, 2.24) is 30.0 Å². The van der Waals surface area contributed by atoms with Crippen LogP contribution in [0.25, 0.3) is 17.3 Å². The lowest BCUT2D eigenvalue weighted by Crippen LogP contribution is -2.23. The van der Waals surface area contributed by atoms with Crippen LogP contribution in [-0.2, 0) is 12.3 Å². The zero-order valence-electron chi connectivity index (χ0n) is 18.2. The highest BCUT2D eigenvalue weighted by Gasteiger charge is 2.20. The summed E-state index contributed by atoms with van der Waals surface area (Å²) in [6.07, 6.45) is 5.05. The van der Waals surface area contributed by atoms with Crippen molar-refractivity contribution in [1.29, 1.82) is 0 Å². The number of carbonyl (C=O) groups excluding carboxylic acids is 1. The lowest BCUT2D eigenvalue weighted by Gasteiger charge is -2.11. The molecule has 0 aliphatic carbocycles. The number of hydrogen-bond donors (Lipinski definition) is 1. The number of benzene rings is 1. The van der Waals surface area contributed by atoms with Crippen LogP contribution >= 0.6 is 23.1 Å². The molecule has 1 amide bonds. The zero-order valence-corrected chi connectivity index (χ0v) is 19.8. The Balaban J connectivity index is 1.32. The second-order valence-corrected chi connectivity index (χ2v) is 9.25. The molecule has 170 valence electrons. The molecule has 0 aliphatic rings. The molecule has 0 spiro atoms.